The third kappa shape index (κ3) is 4.53. The lowest BCUT2D eigenvalue weighted by Crippen LogP contribution is -2.51. The van der Waals surface area contributed by atoms with Crippen LogP contribution in [0.2, 0.25) is 10.0 Å². The van der Waals surface area contributed by atoms with Crippen molar-refractivity contribution in [3.8, 4) is 0 Å². The van der Waals surface area contributed by atoms with Gasteiger partial charge in [0.1, 0.15) is 0 Å². The lowest BCUT2D eigenvalue weighted by molar-refractivity contribution is -0.121. The van der Waals surface area contributed by atoms with Crippen LogP contribution in [0.25, 0.3) is 17.0 Å². The molecule has 2 N–H and O–H groups in total. The molecule has 1 aromatic heterocycles. The first-order valence-electron chi connectivity index (χ1n) is 10.4. The number of carbonyl (C=O) groups is 1. The van der Waals surface area contributed by atoms with Crippen molar-refractivity contribution in [2.75, 3.05) is 13.7 Å². The second-order valence-electron chi connectivity index (χ2n) is 8.20. The molecule has 1 aromatic carbocycles. The van der Waals surface area contributed by atoms with Crippen LogP contribution in [-0.2, 0) is 9.53 Å². The van der Waals surface area contributed by atoms with Gasteiger partial charge >= 0.3 is 0 Å². The number of aromatic nitrogens is 1. The Morgan fingerprint density at radius 3 is 2.87 bits per heavy atom. The van der Waals surface area contributed by atoms with Crippen LogP contribution >= 0.6 is 23.2 Å². The van der Waals surface area contributed by atoms with Crippen LogP contribution in [0.5, 0.6) is 0 Å². The Kier molecular flexibility index (Phi) is 6.42. The van der Waals surface area contributed by atoms with Crippen molar-refractivity contribution in [2.24, 2.45) is 0 Å². The van der Waals surface area contributed by atoms with Gasteiger partial charge in [0.2, 0.25) is 0 Å². The minimum atomic E-state index is -0.166. The number of aromatic amines is 1. The standard InChI is InChI=1S/C23H27Cl2N3O2/c1-14-9-17(12-18-6-4-8-28(14)18)27-23(29)22(30-2)7-3-5-16-10-15-11-19(24)20(25)13-21(15)26-16/h3,5,7,10-11,13-14,17-18,26H,4,6,8-9,12H2,1-2H3,(H,27,29)/b5-3+,22-7-/t14-,17+,18+/m0/s1. The van der Waals surface area contributed by atoms with E-state index in [-0.39, 0.29) is 11.9 Å². The van der Waals surface area contributed by atoms with Crippen molar-refractivity contribution in [3.05, 3.63) is 51.8 Å². The SMILES string of the molecule is CO/C(=C\C=C\c1cc2cc(Cl)c(Cl)cc2[nH]1)C(=O)N[C@H]1C[C@H]2CCCN2[C@@H](C)C1. The topological polar surface area (TPSA) is 57.4 Å². The number of carbonyl (C=O) groups excluding carboxylic acids is 1. The van der Waals surface area contributed by atoms with Crippen molar-refractivity contribution in [3.63, 3.8) is 0 Å². The quantitative estimate of drug-likeness (QED) is 0.378. The number of methoxy groups -OCH3 is 1. The molecule has 0 saturated carbocycles. The summed E-state index contributed by atoms with van der Waals surface area (Å²) < 4.78 is 5.34. The third-order valence-corrected chi connectivity index (χ3v) is 6.88. The highest BCUT2D eigenvalue weighted by Gasteiger charge is 2.36. The number of ether oxygens (including phenoxy) is 1. The molecule has 2 aliphatic heterocycles. The number of rotatable bonds is 5. The lowest BCUT2D eigenvalue weighted by atomic mass is 9.92. The first kappa shape index (κ1) is 21.3. The zero-order valence-electron chi connectivity index (χ0n) is 17.3. The number of H-pyrrole nitrogens is 1. The maximum atomic E-state index is 12.7. The molecule has 7 heteroatoms. The second-order valence-corrected chi connectivity index (χ2v) is 9.01. The molecule has 0 spiro atoms. The first-order valence-corrected chi connectivity index (χ1v) is 11.2. The highest BCUT2D eigenvalue weighted by atomic mass is 35.5. The van der Waals surface area contributed by atoms with E-state index in [1.807, 2.05) is 18.2 Å². The number of hydrogen-bond acceptors (Lipinski definition) is 3. The predicted molar refractivity (Wildman–Crippen MR) is 123 cm³/mol. The van der Waals surface area contributed by atoms with E-state index >= 15 is 0 Å². The van der Waals surface area contributed by atoms with Gasteiger partial charge in [-0.25, -0.2) is 0 Å². The summed E-state index contributed by atoms with van der Waals surface area (Å²) in [7, 11) is 1.52. The summed E-state index contributed by atoms with van der Waals surface area (Å²) in [4.78, 5) is 18.6. The maximum Gasteiger partial charge on any atom is 0.286 e. The van der Waals surface area contributed by atoms with E-state index in [1.165, 1.54) is 26.5 Å². The summed E-state index contributed by atoms with van der Waals surface area (Å²) in [6.07, 6.45) is 9.86. The van der Waals surface area contributed by atoms with Crippen LogP contribution in [0.4, 0.5) is 0 Å². The van der Waals surface area contributed by atoms with Crippen LogP contribution in [0.3, 0.4) is 0 Å². The molecule has 3 atom stereocenters. The van der Waals surface area contributed by atoms with E-state index in [2.05, 4.69) is 22.1 Å². The van der Waals surface area contributed by atoms with Gasteiger partial charge in [0.15, 0.2) is 5.76 Å². The third-order valence-electron chi connectivity index (χ3n) is 6.16. The van der Waals surface area contributed by atoms with Crippen LogP contribution in [0.15, 0.2) is 36.1 Å². The molecule has 2 aromatic rings. The number of amides is 1. The molecule has 30 heavy (non-hydrogen) atoms. The molecule has 0 bridgehead atoms. The van der Waals surface area contributed by atoms with E-state index < -0.39 is 0 Å². The van der Waals surface area contributed by atoms with E-state index in [0.29, 0.717) is 27.9 Å². The van der Waals surface area contributed by atoms with E-state index in [1.54, 1.807) is 18.2 Å². The average molecular weight is 448 g/mol. The van der Waals surface area contributed by atoms with Crippen LogP contribution < -0.4 is 5.32 Å². The number of nitrogens with zero attached hydrogens (tertiary/aromatic N) is 1. The van der Waals surface area contributed by atoms with Crippen LogP contribution in [0.1, 0.15) is 38.3 Å². The van der Waals surface area contributed by atoms with Crippen molar-refractivity contribution in [2.45, 2.75) is 50.7 Å². The van der Waals surface area contributed by atoms with E-state index in [9.17, 15) is 4.79 Å². The molecule has 0 unspecified atom stereocenters. The molecule has 160 valence electrons. The molecule has 0 aliphatic carbocycles. The monoisotopic (exact) mass is 447 g/mol. The Balaban J connectivity index is 1.41. The number of hydrogen-bond donors (Lipinski definition) is 2. The Morgan fingerprint density at radius 1 is 1.27 bits per heavy atom. The number of allylic oxidation sites excluding steroid dienone is 2. The Morgan fingerprint density at radius 2 is 2.07 bits per heavy atom. The molecule has 2 aliphatic rings. The van der Waals surface area contributed by atoms with Crippen LogP contribution in [0, 0.1) is 0 Å². The van der Waals surface area contributed by atoms with Gasteiger partial charge < -0.3 is 15.0 Å². The molecular weight excluding hydrogens is 421 g/mol. The lowest BCUT2D eigenvalue weighted by Gasteiger charge is -2.40. The fourth-order valence-electron chi connectivity index (χ4n) is 4.75. The van der Waals surface area contributed by atoms with Crippen molar-refractivity contribution >= 4 is 46.1 Å². The van der Waals surface area contributed by atoms with Crippen LogP contribution in [-0.4, -0.2) is 47.6 Å². The van der Waals surface area contributed by atoms with Gasteiger partial charge in [-0.15, -0.1) is 0 Å². The Labute approximate surface area is 187 Å². The maximum absolute atomic E-state index is 12.7. The highest BCUT2D eigenvalue weighted by molar-refractivity contribution is 6.42. The smallest absolute Gasteiger partial charge is 0.286 e. The predicted octanol–water partition coefficient (Wildman–Crippen LogP) is 5.15. The van der Waals surface area contributed by atoms with E-state index in [0.717, 1.165) is 29.4 Å². The molecular formula is C23H27Cl2N3O2. The number of halogens is 2. The van der Waals surface area contributed by atoms with Gasteiger partial charge in [-0.1, -0.05) is 29.3 Å². The summed E-state index contributed by atoms with van der Waals surface area (Å²) in [6.45, 7) is 3.44. The molecule has 3 heterocycles. The second kappa shape index (κ2) is 9.04. The van der Waals surface area contributed by atoms with Crippen molar-refractivity contribution in [1.82, 2.24) is 15.2 Å². The molecule has 0 radical (unpaired) electrons. The van der Waals surface area contributed by atoms with E-state index in [4.69, 9.17) is 27.9 Å². The average Bonchev–Trinajstić information content (AvgIpc) is 3.32. The molecule has 2 fully saturated rings. The fraction of sp³-hybridized carbons (Fsp3) is 0.435. The summed E-state index contributed by atoms with van der Waals surface area (Å²) in [6, 6.07) is 6.90. The minimum absolute atomic E-state index is 0.166. The van der Waals surface area contributed by atoms with Gasteiger partial charge in [-0.05, 0) is 69.5 Å². The number of fused-ring (bicyclic) bond motifs is 2. The normalized spacial score (nSPS) is 25.1. The number of benzene rings is 1. The van der Waals surface area contributed by atoms with Gasteiger partial charge in [0.25, 0.3) is 5.91 Å². The molecule has 2 saturated heterocycles. The van der Waals surface area contributed by atoms with Gasteiger partial charge in [0.05, 0.1) is 17.2 Å². The highest BCUT2D eigenvalue weighted by Crippen LogP contribution is 2.31. The van der Waals surface area contributed by atoms with Crippen molar-refractivity contribution < 1.29 is 9.53 Å². The molecule has 5 nitrogen and oxygen atoms in total. The van der Waals surface area contributed by atoms with Crippen molar-refractivity contribution in [1.29, 1.82) is 0 Å². The Bertz CT molecular complexity index is 959. The zero-order chi connectivity index (χ0) is 21.3. The number of nitrogens with one attached hydrogen (secondary N) is 2. The molecule has 4 rings (SSSR count). The fourth-order valence-corrected chi connectivity index (χ4v) is 5.09. The largest absolute Gasteiger partial charge is 0.491 e. The first-order chi connectivity index (χ1) is 14.4. The van der Waals surface area contributed by atoms with Gasteiger partial charge in [-0.3, -0.25) is 9.69 Å². The molecule has 1 amide bonds. The summed E-state index contributed by atoms with van der Waals surface area (Å²) in [5.74, 6) is 0.135. The minimum Gasteiger partial charge on any atom is -0.491 e. The van der Waals surface area contributed by atoms with Gasteiger partial charge in [0, 0.05) is 34.7 Å². The summed E-state index contributed by atoms with van der Waals surface area (Å²) in [5.41, 5.74) is 1.79. The Hall–Kier alpha value is -1.95. The van der Waals surface area contributed by atoms with Gasteiger partial charge in [-0.2, -0.15) is 0 Å². The zero-order valence-corrected chi connectivity index (χ0v) is 18.8. The number of piperidine rings is 1. The summed E-state index contributed by atoms with van der Waals surface area (Å²) in [5, 5.41) is 5.18. The summed E-state index contributed by atoms with van der Waals surface area (Å²) >= 11 is 12.2.